The van der Waals surface area contributed by atoms with Crippen molar-refractivity contribution in [2.45, 2.75) is 165 Å². The van der Waals surface area contributed by atoms with E-state index in [1.807, 2.05) is 33.8 Å². The number of ketones is 1. The molecule has 2 saturated heterocycles. The van der Waals surface area contributed by atoms with Gasteiger partial charge in [-0.2, -0.15) is 0 Å². The van der Waals surface area contributed by atoms with Gasteiger partial charge in [0.05, 0.1) is 42.6 Å². The van der Waals surface area contributed by atoms with Crippen LogP contribution in [-0.2, 0) is 28.5 Å². The van der Waals surface area contributed by atoms with E-state index in [2.05, 4.69) is 44.2 Å². The number of hydrogen-bond acceptors (Lipinski definition) is 11. The topological polar surface area (TPSA) is 153 Å². The number of aliphatic hydroxyl groups is 3. The molecule has 11 nitrogen and oxygen atoms in total. The summed E-state index contributed by atoms with van der Waals surface area (Å²) in [5.41, 5.74) is 8.58. The summed E-state index contributed by atoms with van der Waals surface area (Å²) in [7, 11) is 4.93. The van der Waals surface area contributed by atoms with Crippen LogP contribution < -0.4 is 5.73 Å². The van der Waals surface area contributed by atoms with E-state index in [1.54, 1.807) is 27.4 Å². The number of nitrogens with zero attached hydrogens (tertiary/aromatic N) is 1. The number of carbonyl (C=O) groups excluding carboxylic acids is 1. The van der Waals surface area contributed by atoms with Crippen LogP contribution >= 0.6 is 0 Å². The molecule has 1 saturated carbocycles. The quantitative estimate of drug-likeness (QED) is 0.204. The van der Waals surface area contributed by atoms with Crippen LogP contribution in [0.2, 0.25) is 0 Å². The minimum atomic E-state index is -1.79. The fourth-order valence-corrected chi connectivity index (χ4v) is 10.0. The molecule has 0 radical (unpaired) electrons. The van der Waals surface area contributed by atoms with Crippen molar-refractivity contribution in [2.75, 3.05) is 27.9 Å². The molecule has 3 heterocycles. The molecule has 14 atom stereocenters. The second-order valence-corrected chi connectivity index (χ2v) is 18.0. The van der Waals surface area contributed by atoms with Gasteiger partial charge in [0.1, 0.15) is 23.2 Å². The maximum atomic E-state index is 14.0. The van der Waals surface area contributed by atoms with Crippen LogP contribution in [0.25, 0.3) is 0 Å². The van der Waals surface area contributed by atoms with Gasteiger partial charge >= 0.3 is 0 Å². The normalized spacial score (nSPS) is 41.8. The van der Waals surface area contributed by atoms with Gasteiger partial charge in [0, 0.05) is 57.4 Å². The number of Topliss-reactive ketones (excluding diaryl/α,β-unsaturated/α-hetero) is 1. The number of carbonyl (C=O) groups is 1. The van der Waals surface area contributed by atoms with Gasteiger partial charge < -0.3 is 49.6 Å². The Bertz CT molecular complexity index is 1530. The molecule has 0 spiro atoms. The standard InChI is InChI=1S/C47H76N2O9/c1-13-16-36-22-28(2)21-29(3)23-42(55-11)46(9)43(56-12)25-31(5)47(53,58-46)32(6)33(7)49-20-15-14-17-37(49)34(8)57-45(44(48)40(52)27-39(36)51)30(4)24-35-18-19-38(50)41(26-35)54-10/h13,22,24,29,31,35-38,40-45,50,52-53H,1,6-8,14-21,23,25-27,48H2,2-5,9-12H3/b28-22+,30-24+/t29-,31+,35-,36+,37?,38+,40-,41+,42-,43-,44+,45+,46+,47+/m0/s1. The van der Waals surface area contributed by atoms with Crippen molar-refractivity contribution in [3.05, 3.63) is 72.7 Å². The number of methoxy groups -OCH3 is 3. The third-order valence-corrected chi connectivity index (χ3v) is 13.6. The Morgan fingerprint density at radius 1 is 1.00 bits per heavy atom. The Kier molecular flexibility index (Phi) is 17.2. The highest BCUT2D eigenvalue weighted by Crippen LogP contribution is 2.48. The fraction of sp³-hybridized carbons (Fsp3) is 0.723. The molecule has 5 N–H and O–H groups in total. The van der Waals surface area contributed by atoms with Crippen LogP contribution in [-0.4, -0.2) is 114 Å². The predicted octanol–water partition coefficient (Wildman–Crippen LogP) is 6.68. The highest BCUT2D eigenvalue weighted by Gasteiger charge is 2.58. The van der Waals surface area contributed by atoms with E-state index >= 15 is 0 Å². The van der Waals surface area contributed by atoms with E-state index in [4.69, 9.17) is 29.4 Å². The molecule has 1 aliphatic carbocycles. The number of hydrogen-bond donors (Lipinski definition) is 4. The number of aliphatic hydroxyl groups excluding tert-OH is 2. The largest absolute Gasteiger partial charge is 0.487 e. The molecule has 4 rings (SSSR count). The lowest BCUT2D eigenvalue weighted by molar-refractivity contribution is -0.341. The van der Waals surface area contributed by atoms with Crippen LogP contribution in [0.4, 0.5) is 0 Å². The summed E-state index contributed by atoms with van der Waals surface area (Å²) in [6.07, 6.45) is 8.61. The van der Waals surface area contributed by atoms with E-state index < -0.39 is 53.7 Å². The predicted molar refractivity (Wildman–Crippen MR) is 228 cm³/mol. The number of allylic oxidation sites excluding steroid dienone is 4. The smallest absolute Gasteiger partial charge is 0.197 e. The van der Waals surface area contributed by atoms with Gasteiger partial charge in [-0.1, -0.05) is 57.4 Å². The van der Waals surface area contributed by atoms with Crippen LogP contribution in [0.15, 0.2) is 72.7 Å². The van der Waals surface area contributed by atoms with Crippen LogP contribution in [0.5, 0.6) is 0 Å². The van der Waals surface area contributed by atoms with Gasteiger partial charge in [-0.25, -0.2) is 0 Å². The van der Waals surface area contributed by atoms with Gasteiger partial charge in [-0.15, -0.1) is 6.58 Å². The van der Waals surface area contributed by atoms with Crippen LogP contribution in [0.3, 0.4) is 0 Å². The summed E-state index contributed by atoms with van der Waals surface area (Å²) in [5.74, 6) is -2.18. The number of rotatable bonds is 7. The Labute approximate surface area is 349 Å². The van der Waals surface area contributed by atoms with Crippen molar-refractivity contribution in [3.63, 3.8) is 0 Å². The maximum Gasteiger partial charge on any atom is 0.197 e. The highest BCUT2D eigenvalue weighted by atomic mass is 16.7. The van der Waals surface area contributed by atoms with Gasteiger partial charge in [0.25, 0.3) is 0 Å². The van der Waals surface area contributed by atoms with Gasteiger partial charge in [-0.3, -0.25) is 4.79 Å². The van der Waals surface area contributed by atoms with Gasteiger partial charge in [0.15, 0.2) is 5.79 Å². The second kappa shape index (κ2) is 20.8. The zero-order valence-corrected chi connectivity index (χ0v) is 36.8. The molecule has 1 unspecified atom stereocenters. The van der Waals surface area contributed by atoms with E-state index in [0.29, 0.717) is 68.5 Å². The Morgan fingerprint density at radius 2 is 1.67 bits per heavy atom. The lowest BCUT2D eigenvalue weighted by atomic mass is 9.74. The molecule has 0 aromatic carbocycles. The number of ether oxygens (including phenoxy) is 5. The Morgan fingerprint density at radius 3 is 2.31 bits per heavy atom. The number of nitrogens with two attached hydrogens (primary N) is 1. The van der Waals surface area contributed by atoms with Crippen molar-refractivity contribution in [1.82, 2.24) is 4.90 Å². The average Bonchev–Trinajstić information content (AvgIpc) is 3.19. The molecule has 0 amide bonds. The molecule has 0 aromatic heterocycles. The summed E-state index contributed by atoms with van der Waals surface area (Å²) >= 11 is 0. The van der Waals surface area contributed by atoms with Crippen LogP contribution in [0, 0.1) is 23.7 Å². The fourth-order valence-electron chi connectivity index (χ4n) is 10.0. The third-order valence-electron chi connectivity index (χ3n) is 13.6. The molecule has 11 heteroatoms. The number of piperidine rings is 1. The third kappa shape index (κ3) is 10.8. The van der Waals surface area contributed by atoms with Crippen molar-refractivity contribution in [1.29, 1.82) is 0 Å². The summed E-state index contributed by atoms with van der Waals surface area (Å²) in [6.45, 7) is 27.9. The molecule has 58 heavy (non-hydrogen) atoms. The summed E-state index contributed by atoms with van der Waals surface area (Å²) in [5, 5.41) is 34.9. The molecule has 3 aliphatic heterocycles. The first-order chi connectivity index (χ1) is 27.3. The first-order valence-corrected chi connectivity index (χ1v) is 21.5. The summed E-state index contributed by atoms with van der Waals surface area (Å²) in [6, 6.07) is -1.33. The van der Waals surface area contributed by atoms with E-state index in [-0.39, 0.29) is 42.3 Å². The first kappa shape index (κ1) is 48.1. The van der Waals surface area contributed by atoms with Gasteiger partial charge in [0.2, 0.25) is 0 Å². The number of fused-ring (bicyclic) bond motifs is 3. The van der Waals surface area contributed by atoms with Crippen molar-refractivity contribution in [2.24, 2.45) is 29.4 Å². The van der Waals surface area contributed by atoms with Gasteiger partial charge in [-0.05, 0) is 102 Å². The summed E-state index contributed by atoms with van der Waals surface area (Å²) < 4.78 is 31.5. The monoisotopic (exact) mass is 813 g/mol. The van der Waals surface area contributed by atoms with Crippen molar-refractivity contribution < 1.29 is 43.8 Å². The minimum absolute atomic E-state index is 0.0856. The average molecular weight is 813 g/mol. The molecule has 0 aromatic rings. The molecular weight excluding hydrogens is 737 g/mol. The zero-order valence-electron chi connectivity index (χ0n) is 36.8. The minimum Gasteiger partial charge on any atom is -0.487 e. The molecular formula is C47H76N2O9. The zero-order chi connectivity index (χ0) is 43.1. The molecule has 328 valence electrons. The van der Waals surface area contributed by atoms with Crippen molar-refractivity contribution in [3.8, 4) is 0 Å². The highest BCUT2D eigenvalue weighted by molar-refractivity contribution is 5.83. The van der Waals surface area contributed by atoms with Crippen LogP contribution in [0.1, 0.15) is 105 Å². The van der Waals surface area contributed by atoms with E-state index in [1.165, 1.54) is 0 Å². The van der Waals surface area contributed by atoms with E-state index in [9.17, 15) is 20.1 Å². The summed E-state index contributed by atoms with van der Waals surface area (Å²) in [4.78, 5) is 16.1. The Balaban J connectivity index is 1.80. The lowest BCUT2D eigenvalue weighted by Crippen LogP contribution is -2.65. The molecule has 2 bridgehead atoms. The molecule has 4 aliphatic rings. The SMILES string of the molecule is C=CC[C@@H]1/C=C(\C)C[C@H](C)C[C@H](OC)[C@@]2(C)O[C@@](O)(C(=C)C(=C)N3CCCCC3C(=C)O[C@H](/C(C)=C/[C@@H]3CC[C@@H](O)[C@H](OC)C3)[C@H](N)[C@@H](O)CC1=O)[C@H](C)C[C@@H]2OC. The lowest BCUT2D eigenvalue weighted by Gasteiger charge is -2.55. The Hall–Kier alpha value is -2.61. The van der Waals surface area contributed by atoms with Crippen molar-refractivity contribution >= 4 is 5.78 Å². The van der Waals surface area contributed by atoms with E-state index in [0.717, 1.165) is 30.4 Å². The molecule has 3 fully saturated rings. The second-order valence-electron chi connectivity index (χ2n) is 18.0. The maximum absolute atomic E-state index is 14.0. The first-order valence-electron chi connectivity index (χ1n) is 21.5.